The first-order chi connectivity index (χ1) is 1.00. The van der Waals surface area contributed by atoms with E-state index in [1.54, 1.807) is 0 Å². The van der Waals surface area contributed by atoms with Gasteiger partial charge >= 0.3 is 12.4 Å². The summed E-state index contributed by atoms with van der Waals surface area (Å²) in [5.41, 5.74) is 0. The van der Waals surface area contributed by atoms with Crippen molar-refractivity contribution < 1.29 is 38.6 Å². The molecular formula is BCoLiMnO. The zero-order chi connectivity index (χ0) is 2.00. The molecule has 0 N–H and O–H groups in total. The topological polar surface area (TPSA) is 17.1 Å². The van der Waals surface area contributed by atoms with Crippen LogP contribution in [0.5, 0.6) is 0 Å². The molecule has 0 aliphatic carbocycles. The maximum Gasteiger partial charge on any atom is 0 e. The molecule has 0 aromatic heterocycles. The second kappa shape index (κ2) is 49.9. The van der Waals surface area contributed by atoms with Crippen molar-refractivity contribution in [2.45, 2.75) is 0 Å². The van der Waals surface area contributed by atoms with Crippen LogP contribution in [0.2, 0.25) is 0 Å². The van der Waals surface area contributed by atoms with Crippen LogP contribution in [-0.2, 0) is 38.6 Å². The summed E-state index contributed by atoms with van der Waals surface area (Å²) in [5.74, 6) is 0. The van der Waals surface area contributed by atoms with Gasteiger partial charge in [-0.2, -0.15) is 0 Å². The van der Waals surface area contributed by atoms with Gasteiger partial charge in [0.15, 0.2) is 0 Å². The van der Waals surface area contributed by atoms with Crippen molar-refractivity contribution in [3.05, 3.63) is 0 Å². The maximum atomic E-state index is 7.75. The van der Waals surface area contributed by atoms with E-state index < -0.39 is 0 Å². The fourth-order valence-corrected chi connectivity index (χ4v) is 0. The molecule has 0 unspecified atom stereocenters. The Bertz CT molecular complexity index is 11.6. The van der Waals surface area contributed by atoms with Crippen molar-refractivity contribution in [3.8, 4) is 0 Å². The van der Waals surface area contributed by atoms with Crippen LogP contribution in [-0.4, -0.2) is 26.6 Å². The average molecular weight is 148 g/mol. The Labute approximate surface area is 64.9 Å². The van der Waals surface area contributed by atoms with E-state index in [0.29, 0.717) is 0 Å². The minimum absolute atomic E-state index is 0. The predicted molar refractivity (Wildman–Crippen MR) is 12.2 cm³/mol. The van der Waals surface area contributed by atoms with Crippen molar-refractivity contribution in [3.63, 3.8) is 0 Å². The summed E-state index contributed by atoms with van der Waals surface area (Å²) < 4.78 is 7.75. The predicted octanol–water partition coefficient (Wildman–Crippen LogP) is -0.885. The van der Waals surface area contributed by atoms with Crippen LogP contribution in [0.3, 0.4) is 0 Å². The molecule has 0 heterocycles. The van der Waals surface area contributed by atoms with Crippen LogP contribution in [0.15, 0.2) is 0 Å². The third kappa shape index (κ3) is 30.1. The first kappa shape index (κ1) is 31.6. The third-order valence-corrected chi connectivity index (χ3v) is 0. The van der Waals surface area contributed by atoms with Gasteiger partial charge in [-0.3, -0.25) is 0 Å². The smallest absolute Gasteiger partial charge is 0 e. The summed E-state index contributed by atoms with van der Waals surface area (Å²) in [5, 5.41) is 0. The molecule has 0 rings (SSSR count). The summed E-state index contributed by atoms with van der Waals surface area (Å²) in [6.07, 6.45) is 0. The Morgan fingerprint density at radius 1 is 1.20 bits per heavy atom. The van der Waals surface area contributed by atoms with Crippen molar-refractivity contribution in [2.24, 2.45) is 0 Å². The van der Waals surface area contributed by atoms with Gasteiger partial charge in [-0.05, 0) is 0 Å². The van der Waals surface area contributed by atoms with E-state index in [2.05, 4.69) is 7.72 Å². The maximum absolute atomic E-state index is 7.75. The Kier molecular flexibility index (Phi) is 315. The first-order valence-corrected chi connectivity index (χ1v) is 0.236. The molecule has 26 valence electrons. The molecular weight excluding hydrogens is 148 g/mol. The molecule has 5 heteroatoms. The van der Waals surface area contributed by atoms with Crippen molar-refractivity contribution in [1.82, 2.24) is 0 Å². The van der Waals surface area contributed by atoms with E-state index in [1.807, 2.05) is 0 Å². The van der Waals surface area contributed by atoms with Crippen LogP contribution < -0.4 is 0 Å². The summed E-state index contributed by atoms with van der Waals surface area (Å²) in [4.78, 5) is 0. The number of rotatable bonds is 0. The van der Waals surface area contributed by atoms with Crippen LogP contribution in [0.1, 0.15) is 0 Å². The SMILES string of the molecule is [B]=O.[Co].[Li].[Mn]. The summed E-state index contributed by atoms with van der Waals surface area (Å²) in [6, 6.07) is 0. The minimum atomic E-state index is 0. The van der Waals surface area contributed by atoms with Gasteiger partial charge in [0, 0.05) is 52.7 Å². The Morgan fingerprint density at radius 2 is 1.20 bits per heavy atom. The van der Waals surface area contributed by atoms with Crippen molar-refractivity contribution >= 4 is 26.6 Å². The van der Waals surface area contributed by atoms with Gasteiger partial charge in [0.2, 0.25) is 0 Å². The second-order valence-electron chi connectivity index (χ2n) is 0. The van der Waals surface area contributed by atoms with Crippen LogP contribution >= 0.6 is 0 Å². The van der Waals surface area contributed by atoms with E-state index in [4.69, 9.17) is 4.70 Å². The summed E-state index contributed by atoms with van der Waals surface area (Å²) >= 11 is 0. The molecule has 0 amide bonds. The van der Waals surface area contributed by atoms with E-state index in [1.165, 1.54) is 0 Å². The van der Waals surface area contributed by atoms with E-state index in [-0.39, 0.29) is 52.7 Å². The van der Waals surface area contributed by atoms with Crippen molar-refractivity contribution in [1.29, 1.82) is 0 Å². The minimum Gasteiger partial charge on any atom is 0 e. The normalized spacial score (nSPS) is 0.600. The summed E-state index contributed by atoms with van der Waals surface area (Å²) in [7, 11) is 3.25. The zero-order valence-electron chi connectivity index (χ0n) is 2.70. The standard InChI is InChI=1S/BO.Co.Li.Mn/c1-2;;;. The van der Waals surface area contributed by atoms with Crippen molar-refractivity contribution in [2.75, 3.05) is 0 Å². The van der Waals surface area contributed by atoms with Gasteiger partial charge in [-0.1, -0.05) is 0 Å². The quantitative estimate of drug-likeness (QED) is 0.407. The van der Waals surface area contributed by atoms with E-state index >= 15 is 0 Å². The summed E-state index contributed by atoms with van der Waals surface area (Å²) in [6.45, 7) is 0. The second-order valence-corrected chi connectivity index (χ2v) is 0. The molecule has 1 nitrogen and oxygen atoms in total. The molecule has 0 aromatic carbocycles. The monoisotopic (exact) mass is 148 g/mol. The molecule has 5 heavy (non-hydrogen) atoms. The fourth-order valence-electron chi connectivity index (χ4n) is 0. The Balaban J connectivity index is -0.00000000167. The van der Waals surface area contributed by atoms with E-state index in [0.717, 1.165) is 0 Å². The van der Waals surface area contributed by atoms with Gasteiger partial charge in [0.05, 0.1) is 0 Å². The van der Waals surface area contributed by atoms with Gasteiger partial charge in [0.25, 0.3) is 0 Å². The molecule has 0 spiro atoms. The first-order valence-electron chi connectivity index (χ1n) is 0.236. The number of hydrogen-bond donors (Lipinski definition) is 0. The van der Waals surface area contributed by atoms with Gasteiger partial charge < -0.3 is 0 Å². The molecule has 0 aromatic rings. The van der Waals surface area contributed by atoms with Gasteiger partial charge in [-0.25, -0.2) is 0 Å². The zero-order valence-corrected chi connectivity index (χ0v) is 4.92. The molecule has 4 radical (unpaired) electrons. The van der Waals surface area contributed by atoms with Crippen LogP contribution in [0.25, 0.3) is 0 Å². The molecule has 0 aliphatic heterocycles. The fraction of sp³-hybridized carbons (Fsp3) is 0. The molecule has 0 atom stereocenters. The third-order valence-electron chi connectivity index (χ3n) is 0. The molecule has 0 bridgehead atoms. The molecule has 0 saturated carbocycles. The average Bonchev–Trinajstić information content (AvgIpc) is 1.00. The Morgan fingerprint density at radius 3 is 1.20 bits per heavy atom. The van der Waals surface area contributed by atoms with Gasteiger partial charge in [-0.15, -0.1) is 0 Å². The Hall–Kier alpha value is 1.49. The van der Waals surface area contributed by atoms with Gasteiger partial charge in [0.1, 0.15) is 0 Å². The number of hydrogen-bond acceptors (Lipinski definition) is 1. The van der Waals surface area contributed by atoms with Crippen LogP contribution in [0.4, 0.5) is 0 Å². The largest absolute Gasteiger partial charge is 0 e. The molecule has 0 saturated heterocycles. The molecule has 0 fully saturated rings. The molecule has 0 aliphatic rings. The van der Waals surface area contributed by atoms with Crippen LogP contribution in [0, 0.1) is 0 Å². The van der Waals surface area contributed by atoms with E-state index in [9.17, 15) is 0 Å².